The summed E-state index contributed by atoms with van der Waals surface area (Å²) in [5.41, 5.74) is 2.32. The second-order valence-corrected chi connectivity index (χ2v) is 11.5. The third-order valence-electron chi connectivity index (χ3n) is 8.38. The van der Waals surface area contributed by atoms with Crippen molar-refractivity contribution >= 4 is 35.4 Å². The number of hydrogen-bond donors (Lipinski definition) is 1. The molecule has 1 aliphatic heterocycles. The fourth-order valence-electron chi connectivity index (χ4n) is 5.86. The topological polar surface area (TPSA) is 86.6 Å². The minimum atomic E-state index is -1.45. The number of carbonyl (C=O) groups excluding carboxylic acids is 2. The molecule has 6 radical (unpaired) electrons. The van der Waals surface area contributed by atoms with Crippen LogP contribution in [-0.2, 0) is 4.79 Å². The molecule has 1 aromatic heterocycles. The van der Waals surface area contributed by atoms with Crippen LogP contribution in [0.25, 0.3) is 5.69 Å². The van der Waals surface area contributed by atoms with Crippen molar-refractivity contribution in [2.75, 3.05) is 39.3 Å². The Hall–Kier alpha value is -3.70. The van der Waals surface area contributed by atoms with Gasteiger partial charge in [0.2, 0.25) is 5.91 Å². The molecule has 1 N–H and O–H groups in total. The number of nitrogens with one attached hydrogen (secondary N) is 1. The zero-order chi connectivity index (χ0) is 31.3. The van der Waals surface area contributed by atoms with Crippen molar-refractivity contribution < 1.29 is 14.0 Å². The molecule has 1 aliphatic carbocycles. The summed E-state index contributed by atoms with van der Waals surface area (Å²) < 4.78 is 15.0. The quantitative estimate of drug-likeness (QED) is 0.241. The summed E-state index contributed by atoms with van der Waals surface area (Å²) in [5, 5.41) is 9.32. The van der Waals surface area contributed by atoms with Crippen molar-refractivity contribution in [3.05, 3.63) is 90.5 Å². The first-order valence-corrected chi connectivity index (χ1v) is 14.9. The van der Waals surface area contributed by atoms with Crippen molar-refractivity contribution in [2.45, 2.75) is 42.5 Å². The van der Waals surface area contributed by atoms with E-state index in [-0.39, 0.29) is 17.6 Å². The van der Waals surface area contributed by atoms with Gasteiger partial charge in [-0.1, -0.05) is 28.7 Å². The lowest BCUT2D eigenvalue weighted by molar-refractivity contribution is -0.135. The lowest BCUT2D eigenvalue weighted by Crippen LogP contribution is -2.61. The molecule has 0 unspecified atom stereocenters. The Balaban J connectivity index is 1.24. The Bertz CT molecular complexity index is 1410. The molecule has 2 aromatic carbocycles. The SMILES string of the molecule is [B]C([B])([B])N1CCN(C(=O)[C@H](CCCN(CC=C)[C@@H]2C[C@H]2c2ccc(F)cc2)NC(=O)c2ccc(-n3ccnn3)cc2)CC1. The first-order chi connectivity index (χ1) is 21.1. The summed E-state index contributed by atoms with van der Waals surface area (Å²) in [6, 6.07) is 13.2. The highest BCUT2D eigenvalue weighted by Gasteiger charge is 2.42. The predicted molar refractivity (Wildman–Crippen MR) is 169 cm³/mol. The number of piperazine rings is 1. The van der Waals surface area contributed by atoms with Gasteiger partial charge >= 0.3 is 0 Å². The van der Waals surface area contributed by atoms with Crippen LogP contribution in [0.5, 0.6) is 0 Å². The smallest absolute Gasteiger partial charge is 0.251 e. The number of rotatable bonds is 13. The van der Waals surface area contributed by atoms with Crippen molar-refractivity contribution in [3.8, 4) is 5.69 Å². The molecule has 1 saturated carbocycles. The van der Waals surface area contributed by atoms with E-state index >= 15 is 0 Å². The maximum Gasteiger partial charge on any atom is 0.251 e. The second-order valence-electron chi connectivity index (χ2n) is 11.5. The lowest BCUT2D eigenvalue weighted by Gasteiger charge is -2.44. The van der Waals surface area contributed by atoms with E-state index in [2.05, 4.69) is 27.1 Å². The first-order valence-electron chi connectivity index (χ1n) is 14.9. The number of carbonyl (C=O) groups is 2. The maximum atomic E-state index is 13.8. The van der Waals surface area contributed by atoms with E-state index in [0.29, 0.717) is 63.1 Å². The molecular formula is C31H35B3FN7O2. The van der Waals surface area contributed by atoms with E-state index in [1.54, 1.807) is 51.1 Å². The fourth-order valence-corrected chi connectivity index (χ4v) is 5.86. The lowest BCUT2D eigenvalue weighted by atomic mass is 9.48. The van der Waals surface area contributed by atoms with Crippen LogP contribution in [0.1, 0.15) is 41.1 Å². The second kappa shape index (κ2) is 13.9. The van der Waals surface area contributed by atoms with Gasteiger partial charge in [0.25, 0.3) is 5.91 Å². The van der Waals surface area contributed by atoms with Crippen LogP contribution < -0.4 is 5.32 Å². The molecule has 2 heterocycles. The number of aromatic nitrogens is 3. The van der Waals surface area contributed by atoms with Gasteiger partial charge < -0.3 is 15.1 Å². The Kier molecular flexibility index (Phi) is 10.1. The molecular weight excluding hydrogens is 554 g/mol. The van der Waals surface area contributed by atoms with Gasteiger partial charge in [-0.3, -0.25) is 14.5 Å². The van der Waals surface area contributed by atoms with Gasteiger partial charge in [-0.25, -0.2) is 9.07 Å². The van der Waals surface area contributed by atoms with Crippen LogP contribution in [-0.4, -0.2) is 122 Å². The van der Waals surface area contributed by atoms with Gasteiger partial charge in [0, 0.05) is 50.2 Å². The molecule has 5 rings (SSSR count). The number of nitrogens with zero attached hydrogens (tertiary/aromatic N) is 6. The predicted octanol–water partition coefficient (Wildman–Crippen LogP) is 1.59. The average Bonchev–Trinajstić information content (AvgIpc) is 3.62. The normalized spacial score (nSPS) is 19.5. The fraction of sp³-hybridized carbons (Fsp3) is 0.419. The molecule has 3 aromatic rings. The Labute approximate surface area is 262 Å². The Morgan fingerprint density at radius 2 is 1.80 bits per heavy atom. The number of benzene rings is 2. The molecule has 13 heteroatoms. The molecule has 1 saturated heterocycles. The average molecular weight is 589 g/mol. The van der Waals surface area contributed by atoms with Crippen LogP contribution in [0.2, 0.25) is 0 Å². The monoisotopic (exact) mass is 589 g/mol. The van der Waals surface area contributed by atoms with Crippen LogP contribution >= 0.6 is 0 Å². The van der Waals surface area contributed by atoms with E-state index in [0.717, 1.165) is 24.2 Å². The van der Waals surface area contributed by atoms with Gasteiger partial charge in [-0.15, -0.1) is 11.7 Å². The molecule has 3 atom stereocenters. The van der Waals surface area contributed by atoms with Gasteiger partial charge in [0.1, 0.15) is 11.9 Å². The van der Waals surface area contributed by atoms with E-state index in [9.17, 15) is 14.0 Å². The maximum absolute atomic E-state index is 13.8. The highest BCUT2D eigenvalue weighted by atomic mass is 19.1. The first kappa shape index (κ1) is 31.7. The van der Waals surface area contributed by atoms with Crippen LogP contribution in [0.3, 0.4) is 0 Å². The van der Waals surface area contributed by atoms with Crippen molar-refractivity contribution in [3.63, 3.8) is 0 Å². The van der Waals surface area contributed by atoms with Gasteiger partial charge in [-0.05, 0) is 67.8 Å². The zero-order valence-electron chi connectivity index (χ0n) is 24.8. The van der Waals surface area contributed by atoms with Crippen LogP contribution in [0.15, 0.2) is 73.6 Å². The molecule has 2 amide bonds. The molecule has 9 nitrogen and oxygen atoms in total. The van der Waals surface area contributed by atoms with Gasteiger partial charge in [0.05, 0.1) is 41.6 Å². The molecule has 2 fully saturated rings. The van der Waals surface area contributed by atoms with Gasteiger partial charge in [-0.2, -0.15) is 0 Å². The van der Waals surface area contributed by atoms with Crippen LogP contribution in [0, 0.1) is 5.82 Å². The van der Waals surface area contributed by atoms with Crippen molar-refractivity contribution in [1.29, 1.82) is 0 Å². The molecule has 222 valence electrons. The minimum absolute atomic E-state index is 0.153. The Morgan fingerprint density at radius 1 is 1.09 bits per heavy atom. The zero-order valence-corrected chi connectivity index (χ0v) is 24.8. The number of halogens is 1. The van der Waals surface area contributed by atoms with E-state index in [1.807, 2.05) is 18.2 Å². The van der Waals surface area contributed by atoms with Gasteiger partial charge in [0.15, 0.2) is 0 Å². The summed E-state index contributed by atoms with van der Waals surface area (Å²) in [7, 11) is 17.5. The van der Waals surface area contributed by atoms with E-state index in [4.69, 9.17) is 23.5 Å². The standard InChI is InChI=1S/C31H35B3FN7O2/c1-2-14-39(28-21-26(28)22-5-9-24(35)10-6-22)15-3-4-27(30(44)40-17-19-41(20-18-40)31(32,33)34)37-29(43)23-7-11-25(12-8-23)42-16-13-36-38-42/h2,5-13,16,26-28H,1,3-4,14-15,17-21H2,(H,37,43)/t26-,27-,28+/m0/s1. The van der Waals surface area contributed by atoms with E-state index < -0.39 is 11.3 Å². The van der Waals surface area contributed by atoms with Crippen molar-refractivity contribution in [1.82, 2.24) is 35.0 Å². The third kappa shape index (κ3) is 7.87. The largest absolute Gasteiger partial charge is 0.340 e. The molecule has 2 aliphatic rings. The van der Waals surface area contributed by atoms with Crippen LogP contribution in [0.4, 0.5) is 4.39 Å². The minimum Gasteiger partial charge on any atom is -0.340 e. The van der Waals surface area contributed by atoms with Crippen molar-refractivity contribution in [2.24, 2.45) is 0 Å². The highest BCUT2D eigenvalue weighted by molar-refractivity contribution is 6.59. The molecule has 0 bridgehead atoms. The number of amides is 2. The molecule has 44 heavy (non-hydrogen) atoms. The number of hydrogen-bond acceptors (Lipinski definition) is 6. The summed E-state index contributed by atoms with van der Waals surface area (Å²) in [4.78, 5) is 32.9. The Morgan fingerprint density at radius 3 is 2.41 bits per heavy atom. The summed E-state index contributed by atoms with van der Waals surface area (Å²) in [6.45, 7) is 7.01. The van der Waals surface area contributed by atoms with E-state index in [1.165, 1.54) is 12.1 Å². The summed E-state index contributed by atoms with van der Waals surface area (Å²) in [5.74, 6) is -0.393. The highest BCUT2D eigenvalue weighted by Crippen LogP contribution is 2.44. The molecule has 0 spiro atoms. The third-order valence-corrected chi connectivity index (χ3v) is 8.38. The summed E-state index contributed by atoms with van der Waals surface area (Å²) >= 11 is 0. The summed E-state index contributed by atoms with van der Waals surface area (Å²) in [6.07, 6.45) is 7.29.